The Bertz CT molecular complexity index is 579. The normalized spacial score (nSPS) is 11.9. The number of nitrogens with zero attached hydrogens (tertiary/aromatic N) is 2. The van der Waals surface area contributed by atoms with Gasteiger partial charge in [0.05, 0.1) is 12.6 Å². The number of aromatic nitrogens is 3. The number of hydrogen-bond acceptors (Lipinski definition) is 5. The van der Waals surface area contributed by atoms with E-state index in [0.717, 1.165) is 11.3 Å². The van der Waals surface area contributed by atoms with Crippen LogP contribution in [0.5, 0.6) is 5.75 Å². The van der Waals surface area contributed by atoms with Gasteiger partial charge in [-0.15, -0.1) is 5.10 Å². The Labute approximate surface area is 116 Å². The first-order chi connectivity index (χ1) is 9.60. The van der Waals surface area contributed by atoms with Crippen molar-refractivity contribution in [2.75, 3.05) is 12.3 Å². The maximum atomic E-state index is 11.9. The molecule has 0 saturated carbocycles. The van der Waals surface area contributed by atoms with Crippen molar-refractivity contribution in [2.45, 2.75) is 19.9 Å². The third-order valence-corrected chi connectivity index (χ3v) is 2.76. The van der Waals surface area contributed by atoms with Crippen molar-refractivity contribution in [3.05, 3.63) is 35.7 Å². The van der Waals surface area contributed by atoms with Crippen LogP contribution < -0.4 is 15.8 Å². The van der Waals surface area contributed by atoms with Crippen LogP contribution in [0.25, 0.3) is 0 Å². The highest BCUT2D eigenvalue weighted by molar-refractivity contribution is 5.90. The Morgan fingerprint density at radius 3 is 2.70 bits per heavy atom. The summed E-state index contributed by atoms with van der Waals surface area (Å²) < 4.78 is 5.37. The van der Waals surface area contributed by atoms with Crippen molar-refractivity contribution in [1.29, 1.82) is 0 Å². The molecule has 1 atom stereocenters. The minimum atomic E-state index is -0.351. The van der Waals surface area contributed by atoms with Gasteiger partial charge in [-0.3, -0.25) is 9.89 Å². The lowest BCUT2D eigenvalue weighted by molar-refractivity contribution is 0.0930. The Balaban J connectivity index is 2.00. The maximum absolute atomic E-state index is 11.9. The molecule has 20 heavy (non-hydrogen) atoms. The number of nitrogen functional groups attached to an aromatic ring is 1. The number of hydrogen-bond donors (Lipinski definition) is 3. The summed E-state index contributed by atoms with van der Waals surface area (Å²) in [5.74, 6) is 0.595. The smallest absolute Gasteiger partial charge is 0.289 e. The van der Waals surface area contributed by atoms with E-state index in [1.807, 2.05) is 38.1 Å². The van der Waals surface area contributed by atoms with Gasteiger partial charge in [-0.2, -0.15) is 4.98 Å². The van der Waals surface area contributed by atoms with E-state index < -0.39 is 0 Å². The van der Waals surface area contributed by atoms with E-state index in [9.17, 15) is 4.79 Å². The van der Waals surface area contributed by atoms with E-state index >= 15 is 0 Å². The zero-order valence-electron chi connectivity index (χ0n) is 11.4. The van der Waals surface area contributed by atoms with Gasteiger partial charge in [0, 0.05) is 0 Å². The summed E-state index contributed by atoms with van der Waals surface area (Å²) in [7, 11) is 0. The molecule has 0 aliphatic rings. The molecule has 1 aromatic carbocycles. The highest BCUT2D eigenvalue weighted by atomic mass is 16.5. The van der Waals surface area contributed by atoms with E-state index in [1.54, 1.807) is 0 Å². The molecular weight excluding hydrogens is 258 g/mol. The summed E-state index contributed by atoms with van der Waals surface area (Å²) in [6.45, 7) is 4.44. The quantitative estimate of drug-likeness (QED) is 0.762. The Hall–Kier alpha value is -2.57. The van der Waals surface area contributed by atoms with Crippen LogP contribution >= 0.6 is 0 Å². The van der Waals surface area contributed by atoms with Gasteiger partial charge in [0.2, 0.25) is 11.8 Å². The van der Waals surface area contributed by atoms with E-state index in [-0.39, 0.29) is 23.7 Å². The van der Waals surface area contributed by atoms with Crippen LogP contribution in [0.2, 0.25) is 0 Å². The molecule has 0 bridgehead atoms. The number of rotatable bonds is 5. The number of amides is 1. The van der Waals surface area contributed by atoms with E-state index in [2.05, 4.69) is 20.5 Å². The number of carbonyl (C=O) groups excluding carboxylic acids is 1. The molecule has 0 fully saturated rings. The van der Waals surface area contributed by atoms with Crippen molar-refractivity contribution >= 4 is 11.9 Å². The summed E-state index contributed by atoms with van der Waals surface area (Å²) in [5, 5.41) is 8.89. The first-order valence-corrected chi connectivity index (χ1v) is 6.31. The second-order valence-electron chi connectivity index (χ2n) is 4.24. The molecule has 0 spiro atoms. The summed E-state index contributed by atoms with van der Waals surface area (Å²) >= 11 is 0. The number of benzene rings is 1. The lowest BCUT2D eigenvalue weighted by Crippen LogP contribution is -2.27. The van der Waals surface area contributed by atoms with Crippen LogP contribution in [0, 0.1) is 0 Å². The van der Waals surface area contributed by atoms with Crippen LogP contribution in [0.3, 0.4) is 0 Å². The molecule has 1 heterocycles. The van der Waals surface area contributed by atoms with E-state index in [0.29, 0.717) is 6.61 Å². The van der Waals surface area contributed by atoms with Gasteiger partial charge in [-0.05, 0) is 31.5 Å². The zero-order chi connectivity index (χ0) is 14.5. The van der Waals surface area contributed by atoms with Crippen molar-refractivity contribution < 1.29 is 9.53 Å². The fraction of sp³-hybridized carbons (Fsp3) is 0.308. The molecule has 1 aromatic heterocycles. The number of anilines is 1. The van der Waals surface area contributed by atoms with Crippen molar-refractivity contribution in [2.24, 2.45) is 0 Å². The van der Waals surface area contributed by atoms with Gasteiger partial charge in [-0.1, -0.05) is 12.1 Å². The molecular formula is C13H17N5O2. The highest BCUT2D eigenvalue weighted by Crippen LogP contribution is 2.17. The van der Waals surface area contributed by atoms with Crippen LogP contribution in [-0.4, -0.2) is 27.7 Å². The number of nitrogens with two attached hydrogens (primary N) is 1. The number of ether oxygens (including phenoxy) is 1. The molecule has 7 heteroatoms. The summed E-state index contributed by atoms with van der Waals surface area (Å²) in [6, 6.07) is 7.39. The van der Waals surface area contributed by atoms with Crippen LogP contribution in [0.15, 0.2) is 24.3 Å². The van der Waals surface area contributed by atoms with Gasteiger partial charge in [0.15, 0.2) is 0 Å². The predicted octanol–water partition coefficient (Wildman–Crippen LogP) is 1.28. The fourth-order valence-electron chi connectivity index (χ4n) is 1.74. The molecule has 0 saturated heterocycles. The molecule has 2 rings (SSSR count). The van der Waals surface area contributed by atoms with Gasteiger partial charge < -0.3 is 15.8 Å². The molecule has 106 valence electrons. The molecule has 1 unspecified atom stereocenters. The zero-order valence-corrected chi connectivity index (χ0v) is 11.4. The SMILES string of the molecule is CCOc1ccc(C(C)NC(=O)c2nc(N)n[nH]2)cc1. The van der Waals surface area contributed by atoms with E-state index in [4.69, 9.17) is 10.5 Å². The largest absolute Gasteiger partial charge is 0.494 e. The van der Waals surface area contributed by atoms with Gasteiger partial charge >= 0.3 is 0 Å². The third kappa shape index (κ3) is 3.25. The molecule has 1 amide bonds. The minimum Gasteiger partial charge on any atom is -0.494 e. The standard InChI is InChI=1S/C13H17N5O2/c1-3-20-10-6-4-9(5-7-10)8(2)15-12(19)11-16-13(14)18-17-11/h4-8H,3H2,1-2H3,(H,15,19)(H3,14,16,17,18). The van der Waals surface area contributed by atoms with E-state index in [1.165, 1.54) is 0 Å². The minimum absolute atomic E-state index is 0.0453. The van der Waals surface area contributed by atoms with Crippen molar-refractivity contribution in [3.8, 4) is 5.75 Å². The van der Waals surface area contributed by atoms with Gasteiger partial charge in [0.1, 0.15) is 5.75 Å². The second-order valence-corrected chi connectivity index (χ2v) is 4.24. The molecule has 4 N–H and O–H groups in total. The number of carbonyl (C=O) groups is 1. The Morgan fingerprint density at radius 1 is 1.45 bits per heavy atom. The predicted molar refractivity (Wildman–Crippen MR) is 74.3 cm³/mol. The topological polar surface area (TPSA) is 106 Å². The monoisotopic (exact) mass is 275 g/mol. The molecule has 0 aliphatic carbocycles. The number of aromatic amines is 1. The van der Waals surface area contributed by atoms with Crippen LogP contribution in [0.1, 0.15) is 36.1 Å². The first-order valence-electron chi connectivity index (χ1n) is 6.31. The lowest BCUT2D eigenvalue weighted by Gasteiger charge is -2.13. The second kappa shape index (κ2) is 6.05. The number of H-pyrrole nitrogens is 1. The Morgan fingerprint density at radius 2 is 2.15 bits per heavy atom. The first kappa shape index (κ1) is 13.9. The van der Waals surface area contributed by atoms with Gasteiger partial charge in [0.25, 0.3) is 5.91 Å². The summed E-state index contributed by atoms with van der Waals surface area (Å²) in [4.78, 5) is 15.7. The summed E-state index contributed by atoms with van der Waals surface area (Å²) in [5.41, 5.74) is 6.32. The average Bonchev–Trinajstić information content (AvgIpc) is 2.86. The fourth-order valence-corrected chi connectivity index (χ4v) is 1.74. The van der Waals surface area contributed by atoms with Crippen molar-refractivity contribution in [1.82, 2.24) is 20.5 Å². The third-order valence-electron chi connectivity index (χ3n) is 2.76. The van der Waals surface area contributed by atoms with Crippen LogP contribution in [0.4, 0.5) is 5.95 Å². The van der Waals surface area contributed by atoms with Crippen molar-refractivity contribution in [3.63, 3.8) is 0 Å². The van der Waals surface area contributed by atoms with Crippen LogP contribution in [-0.2, 0) is 0 Å². The molecule has 2 aromatic rings. The highest BCUT2D eigenvalue weighted by Gasteiger charge is 2.14. The molecule has 7 nitrogen and oxygen atoms in total. The average molecular weight is 275 g/mol. The maximum Gasteiger partial charge on any atom is 0.289 e. The Kier molecular flexibility index (Phi) is 4.19. The van der Waals surface area contributed by atoms with Gasteiger partial charge in [-0.25, -0.2) is 0 Å². The molecule has 0 aliphatic heterocycles. The molecule has 0 radical (unpaired) electrons. The summed E-state index contributed by atoms with van der Waals surface area (Å²) in [6.07, 6.45) is 0. The number of nitrogens with one attached hydrogen (secondary N) is 2. The lowest BCUT2D eigenvalue weighted by atomic mass is 10.1.